The number of aryl methyl sites for hydroxylation is 3. The molecule has 1 saturated heterocycles. The van der Waals surface area contributed by atoms with Gasteiger partial charge in [-0.3, -0.25) is 9.36 Å². The van der Waals surface area contributed by atoms with Crippen LogP contribution in [0.15, 0.2) is 50.5 Å². The molecule has 2 aromatic carbocycles. The second-order valence-corrected chi connectivity index (χ2v) is 9.69. The van der Waals surface area contributed by atoms with Crippen LogP contribution in [0, 0.1) is 13.8 Å². The van der Waals surface area contributed by atoms with Gasteiger partial charge in [-0.15, -0.1) is 0 Å². The highest BCUT2D eigenvalue weighted by atomic mass is 32.2. The molecule has 0 atom stereocenters. The van der Waals surface area contributed by atoms with E-state index in [1.165, 1.54) is 21.0 Å². The number of hydrogen-bond donors (Lipinski definition) is 0. The molecule has 0 N–H and O–H groups in total. The van der Waals surface area contributed by atoms with Crippen molar-refractivity contribution in [1.82, 2.24) is 8.87 Å². The predicted molar refractivity (Wildman–Crippen MR) is 115 cm³/mol. The number of carbonyl (C=O) groups is 1. The Balaban J connectivity index is 1.51. The summed E-state index contributed by atoms with van der Waals surface area (Å²) in [5.41, 5.74) is 2.53. The Morgan fingerprint density at radius 1 is 1.10 bits per heavy atom. The number of ether oxygens (including phenoxy) is 1. The summed E-state index contributed by atoms with van der Waals surface area (Å²) in [5, 5.41) is 0. The first-order chi connectivity index (χ1) is 14.8. The van der Waals surface area contributed by atoms with Gasteiger partial charge in [0.25, 0.3) is 0 Å². The molecule has 9 heteroatoms. The van der Waals surface area contributed by atoms with Gasteiger partial charge >= 0.3 is 11.7 Å². The zero-order chi connectivity index (χ0) is 22.2. The molecule has 8 nitrogen and oxygen atoms in total. The average molecular weight is 445 g/mol. The lowest BCUT2D eigenvalue weighted by Gasteiger charge is -2.15. The van der Waals surface area contributed by atoms with E-state index in [0.717, 1.165) is 24.0 Å². The Morgan fingerprint density at radius 3 is 2.55 bits per heavy atom. The fourth-order valence-corrected chi connectivity index (χ4v) is 5.32. The van der Waals surface area contributed by atoms with Crippen molar-refractivity contribution < 1.29 is 22.4 Å². The van der Waals surface area contributed by atoms with E-state index in [0.29, 0.717) is 24.4 Å². The molecule has 31 heavy (non-hydrogen) atoms. The first kappa shape index (κ1) is 21.3. The Bertz CT molecular complexity index is 1300. The maximum atomic E-state index is 12.7. The van der Waals surface area contributed by atoms with E-state index in [9.17, 15) is 18.0 Å². The molecule has 0 unspecified atom stereocenters. The maximum Gasteiger partial charge on any atom is 0.419 e. The minimum absolute atomic E-state index is 0.0321. The minimum atomic E-state index is -3.61. The molecule has 0 bridgehead atoms. The summed E-state index contributed by atoms with van der Waals surface area (Å²) in [6, 6.07) is 9.90. The second kappa shape index (κ2) is 8.32. The normalized spacial score (nSPS) is 14.9. The monoisotopic (exact) mass is 444 g/mol. The quantitative estimate of drug-likeness (QED) is 0.428. The lowest BCUT2D eigenvalue weighted by molar-refractivity contribution is -0.134. The van der Waals surface area contributed by atoms with Gasteiger partial charge in [0.15, 0.2) is 5.58 Å². The zero-order valence-corrected chi connectivity index (χ0v) is 18.3. The van der Waals surface area contributed by atoms with Crippen LogP contribution in [0.1, 0.15) is 30.4 Å². The standard InChI is InChI=1S/C22H24N2O6S/c1-15-5-8-19(16(2)13-15)29-21(25)9-12-24-18-7-6-17(14-20(18)30-22(24)26)31(27,28)23-10-3-4-11-23/h5-8,13-14H,3-4,9-12H2,1-2H3. The molecule has 1 fully saturated rings. The van der Waals surface area contributed by atoms with Gasteiger partial charge in [0.2, 0.25) is 10.0 Å². The van der Waals surface area contributed by atoms with Crippen molar-refractivity contribution >= 4 is 27.1 Å². The molecule has 0 saturated carbocycles. The number of fused-ring (bicyclic) bond motifs is 1. The first-order valence-electron chi connectivity index (χ1n) is 10.2. The number of benzene rings is 2. The molecule has 0 amide bonds. The molecule has 0 radical (unpaired) electrons. The SMILES string of the molecule is Cc1ccc(OC(=O)CCn2c(=O)oc3cc(S(=O)(=O)N4CCCC4)ccc32)c(C)c1. The molecule has 1 aromatic heterocycles. The number of oxazole rings is 1. The third kappa shape index (κ3) is 4.28. The van der Waals surface area contributed by atoms with E-state index in [1.807, 2.05) is 26.0 Å². The molecule has 2 heterocycles. The van der Waals surface area contributed by atoms with E-state index in [-0.39, 0.29) is 23.4 Å². The largest absolute Gasteiger partial charge is 0.426 e. The molecule has 164 valence electrons. The van der Waals surface area contributed by atoms with Crippen LogP contribution in [0.5, 0.6) is 5.75 Å². The maximum absolute atomic E-state index is 12.7. The van der Waals surface area contributed by atoms with Gasteiger partial charge in [-0.2, -0.15) is 4.31 Å². The van der Waals surface area contributed by atoms with Gasteiger partial charge in [-0.1, -0.05) is 17.7 Å². The average Bonchev–Trinajstić information content (AvgIpc) is 3.36. The van der Waals surface area contributed by atoms with Crippen molar-refractivity contribution in [3.05, 3.63) is 58.1 Å². The topological polar surface area (TPSA) is 98.8 Å². The summed E-state index contributed by atoms with van der Waals surface area (Å²) in [6.45, 7) is 4.86. The second-order valence-electron chi connectivity index (χ2n) is 7.75. The van der Waals surface area contributed by atoms with Crippen molar-refractivity contribution in [2.75, 3.05) is 13.1 Å². The Hall–Kier alpha value is -2.91. The van der Waals surface area contributed by atoms with Gasteiger partial charge in [-0.05, 0) is 50.5 Å². The summed E-state index contributed by atoms with van der Waals surface area (Å²) < 4.78 is 38.9. The molecule has 0 aliphatic carbocycles. The van der Waals surface area contributed by atoms with Crippen LogP contribution in [0.4, 0.5) is 0 Å². The Kier molecular flexibility index (Phi) is 5.72. The molecule has 4 rings (SSSR count). The number of rotatable bonds is 6. The van der Waals surface area contributed by atoms with Gasteiger partial charge in [0.05, 0.1) is 16.8 Å². The van der Waals surface area contributed by atoms with Crippen molar-refractivity contribution in [3.8, 4) is 5.75 Å². The summed E-state index contributed by atoms with van der Waals surface area (Å²) in [7, 11) is -3.61. The number of hydrogen-bond acceptors (Lipinski definition) is 6. The Labute approximate surface area is 180 Å². The van der Waals surface area contributed by atoms with Crippen molar-refractivity contribution in [2.45, 2.75) is 44.6 Å². The van der Waals surface area contributed by atoms with E-state index < -0.39 is 21.7 Å². The van der Waals surface area contributed by atoms with Crippen LogP contribution in [-0.2, 0) is 21.4 Å². The molecule has 1 aliphatic rings. The lowest BCUT2D eigenvalue weighted by atomic mass is 10.1. The molecule has 0 spiro atoms. The smallest absolute Gasteiger partial charge is 0.419 e. The number of aromatic nitrogens is 1. The number of esters is 1. The number of sulfonamides is 1. The summed E-state index contributed by atoms with van der Waals surface area (Å²) in [4.78, 5) is 24.7. The number of nitrogens with zero attached hydrogens (tertiary/aromatic N) is 2. The highest BCUT2D eigenvalue weighted by molar-refractivity contribution is 7.89. The molecular weight excluding hydrogens is 420 g/mol. The van der Waals surface area contributed by atoms with Crippen molar-refractivity contribution in [2.24, 2.45) is 0 Å². The van der Waals surface area contributed by atoms with E-state index in [1.54, 1.807) is 12.1 Å². The van der Waals surface area contributed by atoms with E-state index in [4.69, 9.17) is 9.15 Å². The lowest BCUT2D eigenvalue weighted by Crippen LogP contribution is -2.27. The van der Waals surface area contributed by atoms with Crippen LogP contribution in [0.25, 0.3) is 11.1 Å². The Morgan fingerprint density at radius 2 is 1.84 bits per heavy atom. The third-order valence-electron chi connectivity index (χ3n) is 5.44. The first-order valence-corrected chi connectivity index (χ1v) is 11.6. The zero-order valence-electron chi connectivity index (χ0n) is 17.5. The molecule has 3 aromatic rings. The minimum Gasteiger partial charge on any atom is -0.426 e. The van der Waals surface area contributed by atoms with Gasteiger partial charge in [-0.25, -0.2) is 13.2 Å². The summed E-state index contributed by atoms with van der Waals surface area (Å²) in [6.07, 6.45) is 1.64. The highest BCUT2D eigenvalue weighted by Crippen LogP contribution is 2.24. The summed E-state index contributed by atoms with van der Waals surface area (Å²) >= 11 is 0. The van der Waals surface area contributed by atoms with Gasteiger partial charge < -0.3 is 9.15 Å². The van der Waals surface area contributed by atoms with Crippen LogP contribution in [0.3, 0.4) is 0 Å². The fourth-order valence-electron chi connectivity index (χ4n) is 3.79. The molecular formula is C22H24N2O6S. The van der Waals surface area contributed by atoms with Crippen LogP contribution >= 0.6 is 0 Å². The van der Waals surface area contributed by atoms with Crippen molar-refractivity contribution in [1.29, 1.82) is 0 Å². The van der Waals surface area contributed by atoms with Crippen LogP contribution < -0.4 is 10.5 Å². The fraction of sp³-hybridized carbons (Fsp3) is 0.364. The third-order valence-corrected chi connectivity index (χ3v) is 7.33. The van der Waals surface area contributed by atoms with Gasteiger partial charge in [0, 0.05) is 25.7 Å². The van der Waals surface area contributed by atoms with Crippen LogP contribution in [0.2, 0.25) is 0 Å². The van der Waals surface area contributed by atoms with E-state index in [2.05, 4.69) is 0 Å². The van der Waals surface area contributed by atoms with Gasteiger partial charge in [0.1, 0.15) is 5.75 Å². The summed E-state index contributed by atoms with van der Waals surface area (Å²) in [5.74, 6) is -0.636. The highest BCUT2D eigenvalue weighted by Gasteiger charge is 2.28. The van der Waals surface area contributed by atoms with E-state index >= 15 is 0 Å². The number of carbonyl (C=O) groups excluding carboxylic acids is 1. The molecule has 1 aliphatic heterocycles. The van der Waals surface area contributed by atoms with Crippen molar-refractivity contribution in [3.63, 3.8) is 0 Å². The van der Waals surface area contributed by atoms with Crippen LogP contribution in [-0.4, -0.2) is 36.3 Å². The predicted octanol–water partition coefficient (Wildman–Crippen LogP) is 2.99.